The smallest absolute Gasteiger partial charge is 1.00 e. The number of hydrogen-bond acceptors (Lipinski definition) is 1. The zero-order chi connectivity index (χ0) is 13.1. The van der Waals surface area contributed by atoms with Crippen molar-refractivity contribution in [1.82, 2.24) is 0 Å². The SMILES string of the molecule is C[Si](C)(C)O[Si](C)(C)CCCC1=[C]([Ti+2])CC=C1.[Cl-].[Cl-]. The van der Waals surface area contributed by atoms with Gasteiger partial charge in [0.1, 0.15) is 0 Å². The van der Waals surface area contributed by atoms with Gasteiger partial charge in [0, 0.05) is 0 Å². The fraction of sp³-hybridized carbons (Fsp3) is 0.692. The van der Waals surface area contributed by atoms with E-state index in [1.54, 1.807) is 9.45 Å². The first-order chi connectivity index (χ1) is 7.70. The van der Waals surface area contributed by atoms with Gasteiger partial charge in [0.05, 0.1) is 0 Å². The largest absolute Gasteiger partial charge is 1.00 e. The van der Waals surface area contributed by atoms with E-state index in [2.05, 4.69) is 65.3 Å². The maximum atomic E-state index is 6.36. The summed E-state index contributed by atoms with van der Waals surface area (Å²) < 4.78 is 7.93. The number of rotatable bonds is 6. The van der Waals surface area contributed by atoms with Gasteiger partial charge < -0.3 is 24.8 Å². The molecule has 0 heterocycles. The van der Waals surface area contributed by atoms with Crippen molar-refractivity contribution in [2.24, 2.45) is 0 Å². The third-order valence-corrected chi connectivity index (χ3v) is 9.87. The second-order valence-electron chi connectivity index (χ2n) is 6.44. The van der Waals surface area contributed by atoms with E-state index in [-0.39, 0.29) is 24.8 Å². The molecule has 0 saturated heterocycles. The minimum absolute atomic E-state index is 0. The van der Waals surface area contributed by atoms with Crippen LogP contribution < -0.4 is 24.8 Å². The van der Waals surface area contributed by atoms with Crippen molar-refractivity contribution in [1.29, 1.82) is 0 Å². The summed E-state index contributed by atoms with van der Waals surface area (Å²) in [5.74, 6) is 0. The molecule has 0 unspecified atom stereocenters. The van der Waals surface area contributed by atoms with Gasteiger partial charge >= 0.3 is 121 Å². The molecule has 0 spiro atoms. The maximum absolute atomic E-state index is 6.36. The van der Waals surface area contributed by atoms with Crippen LogP contribution in [-0.2, 0) is 24.6 Å². The second-order valence-corrected chi connectivity index (χ2v) is 16.4. The Kier molecular flexibility index (Phi) is 10.9. The van der Waals surface area contributed by atoms with E-state index in [0.717, 1.165) is 0 Å². The Morgan fingerprint density at radius 1 is 1.16 bits per heavy atom. The van der Waals surface area contributed by atoms with Gasteiger partial charge in [-0.1, -0.05) is 0 Å². The number of halogens is 2. The minimum atomic E-state index is -1.42. The van der Waals surface area contributed by atoms with Crippen molar-refractivity contribution < 1.29 is 49.4 Å². The molecule has 1 aliphatic rings. The van der Waals surface area contributed by atoms with Crippen LogP contribution in [0.15, 0.2) is 21.6 Å². The third-order valence-electron chi connectivity index (χ3n) is 2.84. The van der Waals surface area contributed by atoms with E-state index in [1.807, 2.05) is 0 Å². The number of hydrogen-bond donors (Lipinski definition) is 0. The Morgan fingerprint density at radius 3 is 2.16 bits per heavy atom. The summed E-state index contributed by atoms with van der Waals surface area (Å²) in [5, 5.41) is 0. The van der Waals surface area contributed by atoms with Crippen LogP contribution in [0.25, 0.3) is 0 Å². The van der Waals surface area contributed by atoms with Crippen LogP contribution in [0, 0.1) is 0 Å². The molecule has 0 fully saturated rings. The monoisotopic (exact) mass is 371 g/mol. The van der Waals surface area contributed by atoms with Crippen molar-refractivity contribution in [3.8, 4) is 0 Å². The van der Waals surface area contributed by atoms with Gasteiger partial charge in [0.2, 0.25) is 0 Å². The van der Waals surface area contributed by atoms with E-state index in [0.29, 0.717) is 0 Å². The van der Waals surface area contributed by atoms with Crippen LogP contribution in [0.3, 0.4) is 0 Å². The predicted octanol–water partition coefficient (Wildman–Crippen LogP) is -1.41. The van der Waals surface area contributed by atoms with E-state index in [1.165, 1.54) is 25.3 Å². The van der Waals surface area contributed by atoms with Crippen LogP contribution in [0.2, 0.25) is 38.8 Å². The van der Waals surface area contributed by atoms with Gasteiger partial charge in [-0.25, -0.2) is 0 Å². The molecule has 0 bridgehead atoms. The molecule has 1 nitrogen and oxygen atoms in total. The van der Waals surface area contributed by atoms with Crippen molar-refractivity contribution in [3.63, 3.8) is 0 Å². The molecule has 0 aromatic carbocycles. The van der Waals surface area contributed by atoms with Crippen LogP contribution in [0.4, 0.5) is 0 Å². The van der Waals surface area contributed by atoms with Gasteiger partial charge in [-0.3, -0.25) is 0 Å². The van der Waals surface area contributed by atoms with Crippen LogP contribution in [0.5, 0.6) is 0 Å². The van der Waals surface area contributed by atoms with Gasteiger partial charge in [0.15, 0.2) is 0 Å². The molecule has 0 amide bonds. The molecule has 6 heteroatoms. The summed E-state index contributed by atoms with van der Waals surface area (Å²) in [6, 6.07) is 1.29. The van der Waals surface area contributed by atoms with E-state index in [9.17, 15) is 0 Å². The molecule has 109 valence electrons. The van der Waals surface area contributed by atoms with E-state index >= 15 is 0 Å². The number of allylic oxidation sites excluding steroid dienone is 4. The van der Waals surface area contributed by atoms with Gasteiger partial charge in [-0.2, -0.15) is 0 Å². The first kappa shape index (κ1) is 22.4. The summed E-state index contributed by atoms with van der Waals surface area (Å²) in [6.45, 7) is 11.6. The van der Waals surface area contributed by atoms with Gasteiger partial charge in [-0.05, 0) is 0 Å². The molecular weight excluding hydrogens is 347 g/mol. The summed E-state index contributed by atoms with van der Waals surface area (Å²) in [4.78, 5) is 0. The topological polar surface area (TPSA) is 9.23 Å². The first-order valence-electron chi connectivity index (χ1n) is 6.50. The van der Waals surface area contributed by atoms with E-state index < -0.39 is 16.6 Å². The van der Waals surface area contributed by atoms with Crippen molar-refractivity contribution in [2.75, 3.05) is 0 Å². The summed E-state index contributed by atoms with van der Waals surface area (Å²) in [5.41, 5.74) is 1.57. The molecular formula is C13H25Cl2OSi2Ti. The molecule has 1 aliphatic carbocycles. The summed E-state index contributed by atoms with van der Waals surface area (Å²) in [6.07, 6.45) is 8.30. The molecule has 1 rings (SSSR count). The summed E-state index contributed by atoms with van der Waals surface area (Å²) in [7, 11) is -2.77. The Balaban J connectivity index is 0. The molecule has 0 aromatic rings. The van der Waals surface area contributed by atoms with E-state index in [4.69, 9.17) is 4.12 Å². The Labute approximate surface area is 145 Å². The average molecular weight is 372 g/mol. The van der Waals surface area contributed by atoms with Crippen molar-refractivity contribution >= 4 is 16.6 Å². The molecule has 0 aromatic heterocycles. The minimum Gasteiger partial charge on any atom is -1.00 e. The normalized spacial score (nSPS) is 15.3. The molecule has 0 saturated carbocycles. The fourth-order valence-corrected chi connectivity index (χ4v) is 10.9. The Hall–Kier alpha value is 1.17. The van der Waals surface area contributed by atoms with Crippen molar-refractivity contribution in [2.45, 2.75) is 58.0 Å². The molecule has 0 aliphatic heterocycles. The maximum Gasteiger partial charge on any atom is -1.00 e. The second kappa shape index (κ2) is 9.24. The zero-order valence-corrected chi connectivity index (χ0v) is 17.7. The first-order valence-corrected chi connectivity index (χ1v) is 13.8. The predicted molar refractivity (Wildman–Crippen MR) is 76.7 cm³/mol. The van der Waals surface area contributed by atoms with Crippen LogP contribution in [-0.4, -0.2) is 16.6 Å². The molecule has 0 radical (unpaired) electrons. The Bertz CT molecular complexity index is 336. The quantitative estimate of drug-likeness (QED) is 0.521. The zero-order valence-electron chi connectivity index (χ0n) is 12.6. The van der Waals surface area contributed by atoms with Crippen molar-refractivity contribution in [3.05, 3.63) is 21.6 Å². The van der Waals surface area contributed by atoms with Gasteiger partial charge in [-0.15, -0.1) is 0 Å². The summed E-state index contributed by atoms with van der Waals surface area (Å²) >= 11 is 2.26. The molecule has 0 N–H and O–H groups in total. The third kappa shape index (κ3) is 9.67. The van der Waals surface area contributed by atoms with Crippen LogP contribution in [0.1, 0.15) is 19.3 Å². The molecule has 0 atom stereocenters. The average Bonchev–Trinajstić information content (AvgIpc) is 2.47. The van der Waals surface area contributed by atoms with Crippen LogP contribution >= 0.6 is 0 Å². The molecule has 19 heavy (non-hydrogen) atoms. The fourth-order valence-electron chi connectivity index (χ4n) is 2.37. The standard InChI is InChI=1S/C13H25OSi2.2ClH.Ti/c1-15(2,3)14-16(4,5)12-8-11-13-9-6-7-10-13;;;/h6,9H,7-8,11-12H2,1-5H3;2*1H;/q;;;+2/p-2. The Morgan fingerprint density at radius 2 is 1.74 bits per heavy atom. The van der Waals surface area contributed by atoms with Gasteiger partial charge in [0.25, 0.3) is 0 Å².